The maximum atomic E-state index is 8.64. The first kappa shape index (κ1) is 9.41. The van der Waals surface area contributed by atoms with Gasteiger partial charge in [0.1, 0.15) is 0 Å². The zero-order valence-corrected chi connectivity index (χ0v) is 6.54. The van der Waals surface area contributed by atoms with E-state index in [0.717, 1.165) is 6.54 Å². The Morgan fingerprint density at radius 2 is 2.30 bits per heavy atom. The molecule has 0 aromatic rings. The zero-order chi connectivity index (χ0) is 7.98. The van der Waals surface area contributed by atoms with Gasteiger partial charge in [-0.1, -0.05) is 6.92 Å². The molecule has 3 heteroatoms. The standard InChI is InChI=1S/C7H14N2O/c1-7(6-10)5-9(2)4-3-8/h7,10H,4-6H2,1-2H3. The van der Waals surface area contributed by atoms with Crippen LogP contribution < -0.4 is 0 Å². The number of rotatable bonds is 4. The molecule has 10 heavy (non-hydrogen) atoms. The molecule has 0 aromatic carbocycles. The van der Waals surface area contributed by atoms with E-state index >= 15 is 0 Å². The van der Waals surface area contributed by atoms with Gasteiger partial charge in [0.15, 0.2) is 0 Å². The van der Waals surface area contributed by atoms with Crippen molar-refractivity contribution in [1.29, 1.82) is 5.26 Å². The average Bonchev–Trinajstić information content (AvgIpc) is 1.88. The summed E-state index contributed by atoms with van der Waals surface area (Å²) in [5.41, 5.74) is 0. The Balaban J connectivity index is 3.38. The molecule has 1 N–H and O–H groups in total. The summed E-state index contributed by atoms with van der Waals surface area (Å²) in [5, 5.41) is 16.9. The van der Waals surface area contributed by atoms with Crippen molar-refractivity contribution < 1.29 is 5.11 Å². The van der Waals surface area contributed by atoms with E-state index in [-0.39, 0.29) is 12.5 Å². The minimum absolute atomic E-state index is 0.190. The lowest BCUT2D eigenvalue weighted by molar-refractivity contribution is 0.198. The first-order chi connectivity index (χ1) is 4.70. The minimum atomic E-state index is 0.190. The molecule has 0 radical (unpaired) electrons. The van der Waals surface area contributed by atoms with Crippen LogP contribution in [0.25, 0.3) is 0 Å². The lowest BCUT2D eigenvalue weighted by Gasteiger charge is -2.15. The topological polar surface area (TPSA) is 47.3 Å². The van der Waals surface area contributed by atoms with Crippen LogP contribution in [0.2, 0.25) is 0 Å². The van der Waals surface area contributed by atoms with Crippen molar-refractivity contribution in [3.05, 3.63) is 0 Å². The van der Waals surface area contributed by atoms with Crippen LogP contribution in [-0.4, -0.2) is 36.8 Å². The van der Waals surface area contributed by atoms with Gasteiger partial charge in [0.05, 0.1) is 12.6 Å². The second-order valence-corrected chi connectivity index (χ2v) is 2.64. The molecule has 0 aliphatic carbocycles. The van der Waals surface area contributed by atoms with Crippen molar-refractivity contribution in [2.45, 2.75) is 6.92 Å². The van der Waals surface area contributed by atoms with Gasteiger partial charge < -0.3 is 5.11 Å². The molecule has 3 nitrogen and oxygen atoms in total. The van der Waals surface area contributed by atoms with Crippen LogP contribution in [0.3, 0.4) is 0 Å². The zero-order valence-electron chi connectivity index (χ0n) is 6.54. The fourth-order valence-corrected chi connectivity index (χ4v) is 0.775. The molecule has 0 rings (SSSR count). The summed E-state index contributed by atoms with van der Waals surface area (Å²) < 4.78 is 0. The van der Waals surface area contributed by atoms with E-state index in [0.29, 0.717) is 6.54 Å². The molecule has 0 aliphatic rings. The minimum Gasteiger partial charge on any atom is -0.396 e. The number of hydrogen-bond donors (Lipinski definition) is 1. The summed E-state index contributed by atoms with van der Waals surface area (Å²) in [7, 11) is 1.87. The second kappa shape index (κ2) is 5.21. The molecule has 58 valence electrons. The Bertz CT molecular complexity index is 119. The van der Waals surface area contributed by atoms with Crippen molar-refractivity contribution in [2.75, 3.05) is 26.7 Å². The third-order valence-corrected chi connectivity index (χ3v) is 1.28. The van der Waals surface area contributed by atoms with Crippen LogP contribution >= 0.6 is 0 Å². The molecule has 1 unspecified atom stereocenters. The van der Waals surface area contributed by atoms with Crippen LogP contribution in [0.5, 0.6) is 0 Å². The summed E-state index contributed by atoms with van der Waals surface area (Å²) in [6, 6.07) is 2.04. The van der Waals surface area contributed by atoms with E-state index in [4.69, 9.17) is 10.4 Å². The third-order valence-electron chi connectivity index (χ3n) is 1.28. The molecule has 0 aromatic heterocycles. The first-order valence-electron chi connectivity index (χ1n) is 3.37. The van der Waals surface area contributed by atoms with Crippen LogP contribution in [0, 0.1) is 17.2 Å². The smallest absolute Gasteiger partial charge is 0.0863 e. The van der Waals surface area contributed by atoms with Gasteiger partial charge in [-0.25, -0.2) is 0 Å². The molecule has 1 atom stereocenters. The predicted molar refractivity (Wildman–Crippen MR) is 39.4 cm³/mol. The highest BCUT2D eigenvalue weighted by Crippen LogP contribution is 1.94. The molecule has 0 spiro atoms. The van der Waals surface area contributed by atoms with Gasteiger partial charge in [0.2, 0.25) is 0 Å². The van der Waals surface area contributed by atoms with Gasteiger partial charge in [0, 0.05) is 13.2 Å². The van der Waals surface area contributed by atoms with Crippen molar-refractivity contribution >= 4 is 0 Å². The summed E-state index contributed by atoms with van der Waals surface area (Å²) in [5.74, 6) is 0.262. The van der Waals surface area contributed by atoms with Crippen molar-refractivity contribution in [2.24, 2.45) is 5.92 Å². The lowest BCUT2D eigenvalue weighted by Crippen LogP contribution is -2.26. The number of aliphatic hydroxyl groups excluding tert-OH is 1. The molecule has 0 amide bonds. The number of hydrogen-bond acceptors (Lipinski definition) is 3. The lowest BCUT2D eigenvalue weighted by atomic mass is 10.2. The van der Waals surface area contributed by atoms with E-state index in [1.165, 1.54) is 0 Å². The highest BCUT2D eigenvalue weighted by Gasteiger charge is 2.03. The van der Waals surface area contributed by atoms with Crippen molar-refractivity contribution in [1.82, 2.24) is 4.90 Å². The molecular formula is C7H14N2O. The van der Waals surface area contributed by atoms with E-state index < -0.39 is 0 Å². The fraction of sp³-hybridized carbons (Fsp3) is 0.857. The monoisotopic (exact) mass is 142 g/mol. The second-order valence-electron chi connectivity index (χ2n) is 2.64. The predicted octanol–water partition coefficient (Wildman–Crippen LogP) is 0.0702. The van der Waals surface area contributed by atoms with E-state index in [1.54, 1.807) is 0 Å². The van der Waals surface area contributed by atoms with Gasteiger partial charge in [0.25, 0.3) is 0 Å². The van der Waals surface area contributed by atoms with Gasteiger partial charge >= 0.3 is 0 Å². The van der Waals surface area contributed by atoms with Crippen LogP contribution in [0.1, 0.15) is 6.92 Å². The Morgan fingerprint density at radius 1 is 1.70 bits per heavy atom. The summed E-state index contributed by atoms with van der Waals surface area (Å²) in [4.78, 5) is 1.89. The highest BCUT2D eigenvalue weighted by molar-refractivity contribution is 4.74. The normalized spacial score (nSPS) is 13.1. The first-order valence-corrected chi connectivity index (χ1v) is 3.37. The Kier molecular flexibility index (Phi) is 4.91. The molecular weight excluding hydrogens is 128 g/mol. The fourth-order valence-electron chi connectivity index (χ4n) is 0.775. The largest absolute Gasteiger partial charge is 0.396 e. The van der Waals surface area contributed by atoms with Gasteiger partial charge in [-0.3, -0.25) is 4.90 Å². The molecule has 0 bridgehead atoms. The third kappa shape index (κ3) is 4.30. The van der Waals surface area contributed by atoms with Crippen molar-refractivity contribution in [3.63, 3.8) is 0 Å². The molecule has 0 fully saturated rings. The summed E-state index contributed by atoms with van der Waals surface area (Å²) in [6.45, 7) is 3.36. The molecule has 0 aliphatic heterocycles. The van der Waals surface area contributed by atoms with Crippen LogP contribution in [0.4, 0.5) is 0 Å². The van der Waals surface area contributed by atoms with Gasteiger partial charge in [-0.15, -0.1) is 0 Å². The molecule has 0 saturated heterocycles. The van der Waals surface area contributed by atoms with E-state index in [1.807, 2.05) is 24.9 Å². The van der Waals surface area contributed by atoms with Gasteiger partial charge in [-0.2, -0.15) is 5.26 Å². The molecule has 0 heterocycles. The maximum Gasteiger partial charge on any atom is 0.0863 e. The summed E-state index contributed by atoms with van der Waals surface area (Å²) >= 11 is 0. The van der Waals surface area contributed by atoms with Gasteiger partial charge in [-0.05, 0) is 13.0 Å². The van der Waals surface area contributed by atoms with E-state index in [9.17, 15) is 0 Å². The highest BCUT2D eigenvalue weighted by atomic mass is 16.3. The van der Waals surface area contributed by atoms with E-state index in [2.05, 4.69) is 0 Å². The van der Waals surface area contributed by atoms with Crippen LogP contribution in [-0.2, 0) is 0 Å². The number of aliphatic hydroxyl groups is 1. The van der Waals surface area contributed by atoms with Crippen LogP contribution in [0.15, 0.2) is 0 Å². The SMILES string of the molecule is CC(CO)CN(C)CC#N. The maximum absolute atomic E-state index is 8.64. The van der Waals surface area contributed by atoms with Crippen molar-refractivity contribution in [3.8, 4) is 6.07 Å². The number of nitriles is 1. The Hall–Kier alpha value is -0.590. The summed E-state index contributed by atoms with van der Waals surface area (Å²) in [6.07, 6.45) is 0. The Morgan fingerprint density at radius 3 is 2.70 bits per heavy atom. The average molecular weight is 142 g/mol. The number of nitrogens with zero attached hydrogens (tertiary/aromatic N) is 2. The molecule has 0 saturated carbocycles. The quantitative estimate of drug-likeness (QED) is 0.565. The Labute approximate surface area is 61.9 Å².